The van der Waals surface area contributed by atoms with E-state index in [4.69, 9.17) is 0 Å². The molecular formula is C9H12N2O. The molecule has 0 saturated carbocycles. The molecule has 0 atom stereocenters. The lowest BCUT2D eigenvalue weighted by atomic mass is 10.2. The number of hydrogen-bond acceptors (Lipinski definition) is 1. The van der Waals surface area contributed by atoms with E-state index >= 15 is 0 Å². The molecule has 3 nitrogen and oxygen atoms in total. The van der Waals surface area contributed by atoms with Gasteiger partial charge in [-0.3, -0.25) is 4.79 Å². The van der Waals surface area contributed by atoms with Crippen LogP contribution in [0.5, 0.6) is 0 Å². The first kappa shape index (κ1) is 7.40. The minimum absolute atomic E-state index is 0.0619. The predicted octanol–water partition coefficient (Wildman–Crippen LogP) is 0.999. The van der Waals surface area contributed by atoms with Crippen LogP contribution in [0.15, 0.2) is 6.07 Å². The fourth-order valence-electron chi connectivity index (χ4n) is 1.61. The van der Waals surface area contributed by atoms with Gasteiger partial charge >= 0.3 is 0 Å². The lowest BCUT2D eigenvalue weighted by Gasteiger charge is -1.96. The third kappa shape index (κ3) is 1.11. The molecule has 2 rings (SSSR count). The van der Waals surface area contributed by atoms with Crippen LogP contribution in [0.2, 0.25) is 0 Å². The van der Waals surface area contributed by atoms with Gasteiger partial charge in [0.05, 0.1) is 5.56 Å². The number of carbonyl (C=O) groups is 1. The monoisotopic (exact) mass is 164 g/mol. The third-order valence-electron chi connectivity index (χ3n) is 2.17. The number of amides is 1. The van der Waals surface area contributed by atoms with E-state index in [0.29, 0.717) is 0 Å². The molecule has 1 aliphatic rings. The summed E-state index contributed by atoms with van der Waals surface area (Å²) < 4.78 is 0. The SMILES string of the molecule is Cc1cc2c([nH]1)CCCNC2=O. The Labute approximate surface area is 71.2 Å². The van der Waals surface area contributed by atoms with Crippen LogP contribution in [0.25, 0.3) is 0 Å². The minimum atomic E-state index is 0.0619. The molecule has 2 N–H and O–H groups in total. The van der Waals surface area contributed by atoms with Gasteiger partial charge in [0.2, 0.25) is 0 Å². The molecule has 2 heterocycles. The highest BCUT2D eigenvalue weighted by molar-refractivity contribution is 5.95. The molecule has 12 heavy (non-hydrogen) atoms. The maximum absolute atomic E-state index is 11.4. The largest absolute Gasteiger partial charge is 0.362 e. The molecule has 1 aromatic heterocycles. The Morgan fingerprint density at radius 1 is 1.50 bits per heavy atom. The van der Waals surface area contributed by atoms with Gasteiger partial charge in [0.25, 0.3) is 5.91 Å². The van der Waals surface area contributed by atoms with E-state index in [0.717, 1.165) is 36.3 Å². The Morgan fingerprint density at radius 3 is 3.17 bits per heavy atom. The quantitative estimate of drug-likeness (QED) is 0.590. The van der Waals surface area contributed by atoms with Crippen LogP contribution in [0.4, 0.5) is 0 Å². The number of rotatable bonds is 0. The van der Waals surface area contributed by atoms with Gasteiger partial charge in [-0.15, -0.1) is 0 Å². The molecular weight excluding hydrogens is 152 g/mol. The second kappa shape index (κ2) is 2.66. The van der Waals surface area contributed by atoms with E-state index in [9.17, 15) is 4.79 Å². The van der Waals surface area contributed by atoms with E-state index in [1.807, 2.05) is 13.0 Å². The van der Waals surface area contributed by atoms with Crippen LogP contribution in [0.1, 0.15) is 28.2 Å². The van der Waals surface area contributed by atoms with Gasteiger partial charge < -0.3 is 10.3 Å². The van der Waals surface area contributed by atoms with Crippen molar-refractivity contribution in [3.05, 3.63) is 23.0 Å². The molecule has 0 bridgehead atoms. The number of aromatic nitrogens is 1. The van der Waals surface area contributed by atoms with Crippen molar-refractivity contribution in [3.8, 4) is 0 Å². The number of carbonyl (C=O) groups excluding carboxylic acids is 1. The van der Waals surface area contributed by atoms with Crippen molar-refractivity contribution in [1.82, 2.24) is 10.3 Å². The summed E-state index contributed by atoms with van der Waals surface area (Å²) in [5.41, 5.74) is 2.98. The first-order valence-corrected chi connectivity index (χ1v) is 4.24. The van der Waals surface area contributed by atoms with E-state index in [-0.39, 0.29) is 5.91 Å². The fraction of sp³-hybridized carbons (Fsp3) is 0.444. The zero-order chi connectivity index (χ0) is 8.55. The molecule has 0 fully saturated rings. The maximum atomic E-state index is 11.4. The summed E-state index contributed by atoms with van der Waals surface area (Å²) in [6, 6.07) is 1.91. The van der Waals surface area contributed by atoms with Crippen molar-refractivity contribution in [3.63, 3.8) is 0 Å². The lowest BCUT2D eigenvalue weighted by molar-refractivity contribution is 0.0956. The molecule has 0 saturated heterocycles. The van der Waals surface area contributed by atoms with Crippen LogP contribution in [-0.4, -0.2) is 17.4 Å². The average molecular weight is 164 g/mol. The molecule has 1 amide bonds. The Hall–Kier alpha value is -1.25. The van der Waals surface area contributed by atoms with E-state index in [2.05, 4.69) is 10.3 Å². The Balaban J connectivity index is 2.44. The fourth-order valence-corrected chi connectivity index (χ4v) is 1.61. The summed E-state index contributed by atoms with van der Waals surface area (Å²) in [6.45, 7) is 2.77. The van der Waals surface area contributed by atoms with Crippen LogP contribution >= 0.6 is 0 Å². The summed E-state index contributed by atoms with van der Waals surface area (Å²) in [6.07, 6.45) is 2.00. The van der Waals surface area contributed by atoms with Gasteiger partial charge in [0.1, 0.15) is 0 Å². The molecule has 0 unspecified atom stereocenters. The molecule has 1 aromatic rings. The van der Waals surface area contributed by atoms with Crippen LogP contribution in [-0.2, 0) is 6.42 Å². The van der Waals surface area contributed by atoms with Gasteiger partial charge in [-0.25, -0.2) is 0 Å². The summed E-state index contributed by atoms with van der Waals surface area (Å²) in [5, 5.41) is 2.86. The Kier molecular flexibility index (Phi) is 1.64. The lowest BCUT2D eigenvalue weighted by Crippen LogP contribution is -2.22. The van der Waals surface area contributed by atoms with Crippen LogP contribution < -0.4 is 5.32 Å². The average Bonchev–Trinajstić information content (AvgIpc) is 2.33. The highest BCUT2D eigenvalue weighted by Gasteiger charge is 2.16. The second-order valence-corrected chi connectivity index (χ2v) is 3.20. The first-order valence-electron chi connectivity index (χ1n) is 4.24. The number of nitrogens with one attached hydrogen (secondary N) is 2. The van der Waals surface area contributed by atoms with Crippen molar-refractivity contribution < 1.29 is 4.79 Å². The summed E-state index contributed by atoms with van der Waals surface area (Å²) in [5.74, 6) is 0.0619. The van der Waals surface area contributed by atoms with Gasteiger partial charge in [0.15, 0.2) is 0 Å². The molecule has 1 aliphatic heterocycles. The highest BCUT2D eigenvalue weighted by atomic mass is 16.1. The van der Waals surface area contributed by atoms with Crippen molar-refractivity contribution in [2.24, 2.45) is 0 Å². The standard InChI is InChI=1S/C9H12N2O/c1-6-5-7-8(11-6)3-2-4-10-9(7)12/h5,11H,2-4H2,1H3,(H,10,12). The predicted molar refractivity (Wildman–Crippen MR) is 46.2 cm³/mol. The number of fused-ring (bicyclic) bond motifs is 1. The van der Waals surface area contributed by atoms with Gasteiger partial charge in [-0.05, 0) is 25.8 Å². The second-order valence-electron chi connectivity index (χ2n) is 3.20. The summed E-state index contributed by atoms with van der Waals surface area (Å²) in [7, 11) is 0. The van der Waals surface area contributed by atoms with E-state index < -0.39 is 0 Å². The summed E-state index contributed by atoms with van der Waals surface area (Å²) in [4.78, 5) is 14.6. The number of aromatic amines is 1. The van der Waals surface area contributed by atoms with Gasteiger partial charge in [-0.2, -0.15) is 0 Å². The van der Waals surface area contributed by atoms with E-state index in [1.165, 1.54) is 0 Å². The highest BCUT2D eigenvalue weighted by Crippen LogP contribution is 2.14. The molecule has 0 radical (unpaired) electrons. The normalized spacial score (nSPS) is 16.6. The molecule has 0 aromatic carbocycles. The van der Waals surface area contributed by atoms with Crippen molar-refractivity contribution in [2.45, 2.75) is 19.8 Å². The summed E-state index contributed by atoms with van der Waals surface area (Å²) >= 11 is 0. The topological polar surface area (TPSA) is 44.9 Å². The molecule has 0 aliphatic carbocycles. The zero-order valence-electron chi connectivity index (χ0n) is 7.11. The van der Waals surface area contributed by atoms with E-state index in [1.54, 1.807) is 0 Å². The van der Waals surface area contributed by atoms with Crippen LogP contribution in [0.3, 0.4) is 0 Å². The van der Waals surface area contributed by atoms with Crippen molar-refractivity contribution in [2.75, 3.05) is 6.54 Å². The van der Waals surface area contributed by atoms with Crippen molar-refractivity contribution in [1.29, 1.82) is 0 Å². The van der Waals surface area contributed by atoms with Crippen molar-refractivity contribution >= 4 is 5.91 Å². The number of hydrogen-bond donors (Lipinski definition) is 2. The number of aryl methyl sites for hydroxylation is 2. The maximum Gasteiger partial charge on any atom is 0.253 e. The minimum Gasteiger partial charge on any atom is -0.362 e. The molecule has 3 heteroatoms. The Bertz CT molecular complexity index is 314. The zero-order valence-corrected chi connectivity index (χ0v) is 7.11. The molecule has 64 valence electrons. The van der Waals surface area contributed by atoms with Crippen LogP contribution in [0, 0.1) is 6.92 Å². The van der Waals surface area contributed by atoms with Gasteiger partial charge in [0, 0.05) is 17.9 Å². The third-order valence-corrected chi connectivity index (χ3v) is 2.17. The smallest absolute Gasteiger partial charge is 0.253 e. The van der Waals surface area contributed by atoms with Gasteiger partial charge in [-0.1, -0.05) is 0 Å². The Morgan fingerprint density at radius 2 is 2.33 bits per heavy atom. The first-order chi connectivity index (χ1) is 5.77. The number of H-pyrrole nitrogens is 1. The molecule has 0 spiro atoms.